The molecule has 2 aromatic rings. The van der Waals surface area contributed by atoms with Crippen molar-refractivity contribution in [3.8, 4) is 0 Å². The molecule has 19 heavy (non-hydrogen) atoms. The number of hydrogen-bond donors (Lipinski definition) is 3. The maximum atomic E-state index is 12.0. The Morgan fingerprint density at radius 3 is 2.95 bits per heavy atom. The first-order valence-electron chi connectivity index (χ1n) is 5.64. The van der Waals surface area contributed by atoms with E-state index in [1.165, 1.54) is 6.20 Å². The molecule has 0 aliphatic heterocycles. The highest BCUT2D eigenvalue weighted by atomic mass is 79.9. The number of pyridine rings is 1. The fourth-order valence-electron chi connectivity index (χ4n) is 1.63. The molecule has 0 saturated heterocycles. The third-order valence-electron chi connectivity index (χ3n) is 2.56. The van der Waals surface area contributed by atoms with E-state index in [-0.39, 0.29) is 5.91 Å². The van der Waals surface area contributed by atoms with Crippen LogP contribution in [0, 0.1) is 0 Å². The molecule has 0 fully saturated rings. The Morgan fingerprint density at radius 2 is 2.21 bits per heavy atom. The number of rotatable bonds is 4. The Kier molecular flexibility index (Phi) is 4.48. The van der Waals surface area contributed by atoms with E-state index in [1.807, 2.05) is 24.3 Å². The number of nitrogens with two attached hydrogens (primary N) is 1. The van der Waals surface area contributed by atoms with Crippen LogP contribution in [0.5, 0.6) is 0 Å². The number of hydrazine groups is 1. The van der Waals surface area contributed by atoms with Crippen LogP contribution in [0.1, 0.15) is 15.9 Å². The average molecular weight is 321 g/mol. The number of halogens is 1. The van der Waals surface area contributed by atoms with Gasteiger partial charge in [0.2, 0.25) is 0 Å². The summed E-state index contributed by atoms with van der Waals surface area (Å²) in [5.74, 6) is 5.13. The number of hydrogen-bond acceptors (Lipinski definition) is 4. The zero-order chi connectivity index (χ0) is 13.7. The van der Waals surface area contributed by atoms with Gasteiger partial charge in [0.15, 0.2) is 0 Å². The summed E-state index contributed by atoms with van der Waals surface area (Å²) >= 11 is 3.39. The van der Waals surface area contributed by atoms with Crippen LogP contribution in [0.4, 0.5) is 5.69 Å². The number of carbonyl (C=O) groups excluding carboxylic acids is 1. The molecule has 6 heteroatoms. The van der Waals surface area contributed by atoms with Crippen LogP contribution in [0.25, 0.3) is 0 Å². The first kappa shape index (κ1) is 13.5. The van der Waals surface area contributed by atoms with E-state index < -0.39 is 0 Å². The minimum absolute atomic E-state index is 0.221. The second-order valence-electron chi connectivity index (χ2n) is 3.88. The molecule has 0 aliphatic rings. The summed E-state index contributed by atoms with van der Waals surface area (Å²) < 4.78 is 0.977. The zero-order valence-electron chi connectivity index (χ0n) is 10.1. The van der Waals surface area contributed by atoms with Gasteiger partial charge in [0.1, 0.15) is 0 Å². The van der Waals surface area contributed by atoms with Crippen molar-refractivity contribution in [3.63, 3.8) is 0 Å². The average Bonchev–Trinajstić information content (AvgIpc) is 2.45. The summed E-state index contributed by atoms with van der Waals surface area (Å²) in [5.41, 5.74) is 4.44. The Bertz CT molecular complexity index is 588. The van der Waals surface area contributed by atoms with E-state index in [1.54, 1.807) is 12.3 Å². The summed E-state index contributed by atoms with van der Waals surface area (Å²) in [7, 11) is 0. The number of carbonyl (C=O) groups is 1. The highest BCUT2D eigenvalue weighted by Crippen LogP contribution is 2.13. The molecule has 4 N–H and O–H groups in total. The van der Waals surface area contributed by atoms with Crippen molar-refractivity contribution in [1.82, 2.24) is 10.3 Å². The normalized spacial score (nSPS) is 10.0. The Hall–Kier alpha value is -1.92. The van der Waals surface area contributed by atoms with Gasteiger partial charge < -0.3 is 10.7 Å². The van der Waals surface area contributed by atoms with Crippen LogP contribution in [-0.4, -0.2) is 10.9 Å². The van der Waals surface area contributed by atoms with Crippen molar-refractivity contribution >= 4 is 27.5 Å². The maximum absolute atomic E-state index is 12.0. The number of nitrogen functional groups attached to an aromatic ring is 1. The van der Waals surface area contributed by atoms with Crippen molar-refractivity contribution in [2.75, 3.05) is 5.43 Å². The van der Waals surface area contributed by atoms with Gasteiger partial charge in [-0.1, -0.05) is 28.1 Å². The van der Waals surface area contributed by atoms with E-state index in [0.717, 1.165) is 10.0 Å². The quantitative estimate of drug-likeness (QED) is 0.595. The SMILES string of the molecule is NNc1ccncc1C(=O)NCc1cccc(Br)c1. The summed E-state index contributed by atoms with van der Waals surface area (Å²) in [4.78, 5) is 15.9. The summed E-state index contributed by atoms with van der Waals surface area (Å²) in [6.45, 7) is 0.442. The van der Waals surface area contributed by atoms with Crippen molar-refractivity contribution in [2.45, 2.75) is 6.54 Å². The molecule has 0 unspecified atom stereocenters. The lowest BCUT2D eigenvalue weighted by atomic mass is 10.2. The first-order valence-corrected chi connectivity index (χ1v) is 6.43. The molecule has 5 nitrogen and oxygen atoms in total. The van der Waals surface area contributed by atoms with Crippen LogP contribution in [0.3, 0.4) is 0 Å². The minimum Gasteiger partial charge on any atom is -0.348 e. The molecule has 0 radical (unpaired) electrons. The molecular formula is C13H13BrN4O. The van der Waals surface area contributed by atoms with Crippen molar-refractivity contribution in [1.29, 1.82) is 0 Å². The molecule has 0 saturated carbocycles. The molecule has 1 amide bonds. The van der Waals surface area contributed by atoms with Gasteiger partial charge in [-0.2, -0.15) is 0 Å². The number of nitrogens with one attached hydrogen (secondary N) is 2. The maximum Gasteiger partial charge on any atom is 0.255 e. The highest BCUT2D eigenvalue weighted by molar-refractivity contribution is 9.10. The van der Waals surface area contributed by atoms with Gasteiger partial charge in [0, 0.05) is 23.4 Å². The molecule has 98 valence electrons. The van der Waals surface area contributed by atoms with E-state index in [2.05, 4.69) is 31.7 Å². The summed E-state index contributed by atoms with van der Waals surface area (Å²) in [6.07, 6.45) is 3.05. The number of nitrogens with zero attached hydrogens (tertiary/aromatic N) is 1. The summed E-state index contributed by atoms with van der Waals surface area (Å²) in [5, 5.41) is 2.82. The standard InChI is InChI=1S/C13H13BrN4O/c14-10-3-1-2-9(6-10)7-17-13(19)11-8-16-5-4-12(11)18-15/h1-6,8H,7,15H2,(H,16,18)(H,17,19). The van der Waals surface area contributed by atoms with Gasteiger partial charge in [-0.15, -0.1) is 0 Å². The lowest BCUT2D eigenvalue weighted by molar-refractivity contribution is 0.0951. The predicted octanol–water partition coefficient (Wildman–Crippen LogP) is 2.06. The topological polar surface area (TPSA) is 80.0 Å². The molecule has 1 aromatic heterocycles. The van der Waals surface area contributed by atoms with Gasteiger partial charge in [-0.25, -0.2) is 0 Å². The molecule has 0 spiro atoms. The molecule has 2 rings (SSSR count). The van der Waals surface area contributed by atoms with Gasteiger partial charge >= 0.3 is 0 Å². The van der Waals surface area contributed by atoms with Crippen LogP contribution >= 0.6 is 15.9 Å². The Morgan fingerprint density at radius 1 is 1.37 bits per heavy atom. The smallest absolute Gasteiger partial charge is 0.255 e. The minimum atomic E-state index is -0.221. The lowest BCUT2D eigenvalue weighted by Gasteiger charge is -2.09. The Labute approximate surface area is 119 Å². The third-order valence-corrected chi connectivity index (χ3v) is 3.06. The molecule has 0 bridgehead atoms. The highest BCUT2D eigenvalue weighted by Gasteiger charge is 2.10. The van der Waals surface area contributed by atoms with Crippen molar-refractivity contribution in [3.05, 3.63) is 58.3 Å². The molecular weight excluding hydrogens is 308 g/mol. The third kappa shape index (κ3) is 3.52. The number of amides is 1. The second-order valence-corrected chi connectivity index (χ2v) is 4.79. The van der Waals surface area contributed by atoms with Gasteiger partial charge in [0.25, 0.3) is 5.91 Å². The van der Waals surface area contributed by atoms with Gasteiger partial charge in [-0.3, -0.25) is 15.6 Å². The van der Waals surface area contributed by atoms with E-state index in [0.29, 0.717) is 17.8 Å². The fourth-order valence-corrected chi connectivity index (χ4v) is 2.07. The van der Waals surface area contributed by atoms with Gasteiger partial charge in [-0.05, 0) is 23.8 Å². The monoisotopic (exact) mass is 320 g/mol. The molecule has 1 aromatic carbocycles. The first-order chi connectivity index (χ1) is 9.20. The fraction of sp³-hybridized carbons (Fsp3) is 0.0769. The number of benzene rings is 1. The second kappa shape index (κ2) is 6.31. The number of aromatic nitrogens is 1. The van der Waals surface area contributed by atoms with E-state index in [9.17, 15) is 4.79 Å². The van der Waals surface area contributed by atoms with Crippen LogP contribution in [0.15, 0.2) is 47.2 Å². The summed E-state index contributed by atoms with van der Waals surface area (Å²) in [6, 6.07) is 9.39. The molecule has 0 aliphatic carbocycles. The van der Waals surface area contributed by atoms with Crippen LogP contribution in [-0.2, 0) is 6.54 Å². The molecule has 0 atom stereocenters. The van der Waals surface area contributed by atoms with Crippen LogP contribution in [0.2, 0.25) is 0 Å². The lowest BCUT2D eigenvalue weighted by Crippen LogP contribution is -2.25. The van der Waals surface area contributed by atoms with Crippen LogP contribution < -0.4 is 16.6 Å². The van der Waals surface area contributed by atoms with Gasteiger partial charge in [0.05, 0.1) is 11.3 Å². The Balaban J connectivity index is 2.05. The predicted molar refractivity (Wildman–Crippen MR) is 77.4 cm³/mol. The molecule has 1 heterocycles. The van der Waals surface area contributed by atoms with Crippen molar-refractivity contribution in [2.24, 2.45) is 5.84 Å². The largest absolute Gasteiger partial charge is 0.348 e. The van der Waals surface area contributed by atoms with E-state index >= 15 is 0 Å². The van der Waals surface area contributed by atoms with E-state index in [4.69, 9.17) is 5.84 Å². The van der Waals surface area contributed by atoms with Crippen molar-refractivity contribution < 1.29 is 4.79 Å². The zero-order valence-corrected chi connectivity index (χ0v) is 11.6. The number of anilines is 1.